The largest absolute Gasteiger partial charge is 0.293 e. The van der Waals surface area contributed by atoms with Gasteiger partial charge in [-0.3, -0.25) is 4.79 Å². The molecule has 1 unspecified atom stereocenters. The molecule has 0 radical (unpaired) electrons. The Balaban J connectivity index is 2.10. The zero-order chi connectivity index (χ0) is 13.4. The first kappa shape index (κ1) is 12.5. The molecule has 0 spiro atoms. The van der Waals surface area contributed by atoms with E-state index in [0.29, 0.717) is 10.0 Å². The van der Waals surface area contributed by atoms with Gasteiger partial charge in [0.15, 0.2) is 5.78 Å². The highest BCUT2D eigenvalue weighted by molar-refractivity contribution is 6.42. The van der Waals surface area contributed by atoms with E-state index < -0.39 is 0 Å². The highest BCUT2D eigenvalue weighted by Gasteiger charge is 2.26. The molecule has 3 heteroatoms. The second-order valence-electron chi connectivity index (χ2n) is 4.43. The number of hydrogen-bond donors (Lipinski definition) is 0. The third-order valence-corrected chi connectivity index (χ3v) is 4.13. The molecule has 2 aromatic rings. The molecule has 1 nitrogen and oxygen atoms in total. The first-order valence-electron chi connectivity index (χ1n) is 5.94. The van der Waals surface area contributed by atoms with Gasteiger partial charge in [-0.05, 0) is 17.2 Å². The summed E-state index contributed by atoms with van der Waals surface area (Å²) in [6.07, 6.45) is 3.83. The van der Waals surface area contributed by atoms with Gasteiger partial charge < -0.3 is 0 Å². The van der Waals surface area contributed by atoms with Crippen molar-refractivity contribution in [3.8, 4) is 0 Å². The Labute approximate surface area is 121 Å². The van der Waals surface area contributed by atoms with E-state index >= 15 is 0 Å². The van der Waals surface area contributed by atoms with E-state index in [-0.39, 0.29) is 11.7 Å². The lowest BCUT2D eigenvalue weighted by molar-refractivity contribution is 0.0975. The molecule has 0 bridgehead atoms. The van der Waals surface area contributed by atoms with Crippen LogP contribution >= 0.6 is 23.2 Å². The summed E-state index contributed by atoms with van der Waals surface area (Å²) in [6, 6.07) is 12.9. The highest BCUT2D eigenvalue weighted by atomic mass is 35.5. The SMILES string of the molecule is O=C1c2ccccc2C=CC1c1cccc(Cl)c1Cl. The summed E-state index contributed by atoms with van der Waals surface area (Å²) in [5, 5.41) is 0.922. The number of ketones is 1. The van der Waals surface area contributed by atoms with Crippen LogP contribution in [0.4, 0.5) is 0 Å². The summed E-state index contributed by atoms with van der Waals surface area (Å²) in [4.78, 5) is 12.5. The smallest absolute Gasteiger partial charge is 0.174 e. The first-order valence-corrected chi connectivity index (χ1v) is 6.69. The molecular weight excluding hydrogens is 279 g/mol. The maximum atomic E-state index is 12.5. The van der Waals surface area contributed by atoms with Crippen LogP contribution < -0.4 is 0 Å². The van der Waals surface area contributed by atoms with Crippen molar-refractivity contribution in [1.82, 2.24) is 0 Å². The summed E-state index contributed by atoms with van der Waals surface area (Å²) in [7, 11) is 0. The lowest BCUT2D eigenvalue weighted by Gasteiger charge is -2.19. The summed E-state index contributed by atoms with van der Waals surface area (Å²) in [6.45, 7) is 0. The third-order valence-electron chi connectivity index (χ3n) is 3.29. The van der Waals surface area contributed by atoms with Gasteiger partial charge in [0.05, 0.1) is 16.0 Å². The number of hydrogen-bond acceptors (Lipinski definition) is 1. The molecule has 0 aromatic heterocycles. The van der Waals surface area contributed by atoms with Gasteiger partial charge in [0, 0.05) is 5.56 Å². The normalized spacial score (nSPS) is 17.4. The third kappa shape index (κ3) is 2.09. The molecule has 0 amide bonds. The van der Waals surface area contributed by atoms with E-state index in [4.69, 9.17) is 23.2 Å². The van der Waals surface area contributed by atoms with Gasteiger partial charge in [0.25, 0.3) is 0 Å². The van der Waals surface area contributed by atoms with Crippen molar-refractivity contribution < 1.29 is 4.79 Å². The van der Waals surface area contributed by atoms with Crippen LogP contribution in [0.5, 0.6) is 0 Å². The van der Waals surface area contributed by atoms with Crippen molar-refractivity contribution in [2.24, 2.45) is 0 Å². The Morgan fingerprint density at radius 1 is 0.947 bits per heavy atom. The number of fused-ring (bicyclic) bond motifs is 1. The molecule has 0 saturated carbocycles. The number of halogens is 2. The van der Waals surface area contributed by atoms with Gasteiger partial charge in [0.2, 0.25) is 0 Å². The Bertz CT molecular complexity index is 689. The van der Waals surface area contributed by atoms with Crippen molar-refractivity contribution in [2.75, 3.05) is 0 Å². The fourth-order valence-electron chi connectivity index (χ4n) is 2.33. The maximum Gasteiger partial charge on any atom is 0.174 e. The summed E-state index contributed by atoms with van der Waals surface area (Å²) >= 11 is 12.2. The minimum Gasteiger partial charge on any atom is -0.293 e. The molecule has 19 heavy (non-hydrogen) atoms. The summed E-state index contributed by atoms with van der Waals surface area (Å²) < 4.78 is 0. The van der Waals surface area contributed by atoms with Crippen LogP contribution in [0.15, 0.2) is 48.5 Å². The van der Waals surface area contributed by atoms with Crippen molar-refractivity contribution in [3.05, 3.63) is 75.3 Å². The molecule has 0 saturated heterocycles. The monoisotopic (exact) mass is 288 g/mol. The van der Waals surface area contributed by atoms with Crippen molar-refractivity contribution >= 4 is 35.1 Å². The standard InChI is InChI=1S/C16H10Cl2O/c17-14-7-3-6-12(15(14)18)13-9-8-10-4-1-2-5-11(10)16(13)19/h1-9,13H. The van der Waals surface area contributed by atoms with E-state index in [1.54, 1.807) is 6.07 Å². The number of rotatable bonds is 1. The Morgan fingerprint density at radius 2 is 1.74 bits per heavy atom. The van der Waals surface area contributed by atoms with Crippen LogP contribution in [0.25, 0.3) is 6.08 Å². The molecule has 0 heterocycles. The molecule has 1 aliphatic rings. The average molecular weight is 289 g/mol. The van der Waals surface area contributed by atoms with Crippen LogP contribution in [-0.4, -0.2) is 5.78 Å². The predicted molar refractivity (Wildman–Crippen MR) is 79.0 cm³/mol. The van der Waals surface area contributed by atoms with E-state index in [1.165, 1.54) is 0 Å². The van der Waals surface area contributed by atoms with Gasteiger partial charge in [-0.25, -0.2) is 0 Å². The number of carbonyl (C=O) groups is 1. The fraction of sp³-hybridized carbons (Fsp3) is 0.0625. The molecule has 94 valence electrons. The molecule has 1 atom stereocenters. The number of allylic oxidation sites excluding steroid dienone is 1. The zero-order valence-corrected chi connectivity index (χ0v) is 11.4. The molecule has 0 N–H and O–H groups in total. The Hall–Kier alpha value is -1.57. The van der Waals surface area contributed by atoms with E-state index in [0.717, 1.165) is 16.7 Å². The van der Waals surface area contributed by atoms with Crippen LogP contribution in [-0.2, 0) is 0 Å². The molecule has 1 aliphatic carbocycles. The van der Waals surface area contributed by atoms with Crippen LogP contribution in [0.1, 0.15) is 27.4 Å². The van der Waals surface area contributed by atoms with Gasteiger partial charge in [-0.15, -0.1) is 0 Å². The molecule has 0 fully saturated rings. The van der Waals surface area contributed by atoms with Crippen molar-refractivity contribution in [1.29, 1.82) is 0 Å². The average Bonchev–Trinajstić information content (AvgIpc) is 2.43. The lowest BCUT2D eigenvalue weighted by atomic mass is 9.84. The second-order valence-corrected chi connectivity index (χ2v) is 5.22. The van der Waals surface area contributed by atoms with Crippen LogP contribution in [0.2, 0.25) is 10.0 Å². The van der Waals surface area contributed by atoms with E-state index in [1.807, 2.05) is 48.6 Å². The molecule has 2 aromatic carbocycles. The molecule has 0 aliphatic heterocycles. The van der Waals surface area contributed by atoms with Gasteiger partial charge in [-0.2, -0.15) is 0 Å². The van der Waals surface area contributed by atoms with Gasteiger partial charge in [0.1, 0.15) is 0 Å². The summed E-state index contributed by atoms with van der Waals surface area (Å²) in [5.74, 6) is -0.302. The summed E-state index contributed by atoms with van der Waals surface area (Å²) in [5.41, 5.74) is 2.43. The van der Waals surface area contributed by atoms with Gasteiger partial charge in [-0.1, -0.05) is 71.8 Å². The van der Waals surface area contributed by atoms with Crippen LogP contribution in [0.3, 0.4) is 0 Å². The quantitative estimate of drug-likeness (QED) is 0.723. The first-order chi connectivity index (χ1) is 9.18. The van der Waals surface area contributed by atoms with Gasteiger partial charge >= 0.3 is 0 Å². The Kier molecular flexibility index (Phi) is 3.17. The zero-order valence-electron chi connectivity index (χ0n) is 9.94. The predicted octanol–water partition coefficient (Wildman–Crippen LogP) is 4.99. The molecular formula is C16H10Cl2O. The maximum absolute atomic E-state index is 12.5. The highest BCUT2D eigenvalue weighted by Crippen LogP contribution is 2.36. The van der Waals surface area contributed by atoms with Crippen molar-refractivity contribution in [2.45, 2.75) is 5.92 Å². The fourth-order valence-corrected chi connectivity index (χ4v) is 2.75. The lowest BCUT2D eigenvalue weighted by Crippen LogP contribution is -2.15. The number of carbonyl (C=O) groups excluding carboxylic acids is 1. The van der Waals surface area contributed by atoms with Crippen LogP contribution in [0, 0.1) is 0 Å². The number of Topliss-reactive ketones (excluding diaryl/α,β-unsaturated/α-hetero) is 1. The van der Waals surface area contributed by atoms with E-state index in [2.05, 4.69) is 0 Å². The molecule has 3 rings (SSSR count). The topological polar surface area (TPSA) is 17.1 Å². The minimum atomic E-state index is -0.360. The van der Waals surface area contributed by atoms with E-state index in [9.17, 15) is 4.79 Å². The second kappa shape index (κ2) is 4.84. The Morgan fingerprint density at radius 3 is 2.58 bits per heavy atom. The van der Waals surface area contributed by atoms with Crippen molar-refractivity contribution in [3.63, 3.8) is 0 Å². The number of benzene rings is 2. The minimum absolute atomic E-state index is 0.0577.